The number of para-hydroxylation sites is 1. The average Bonchev–Trinajstić information content (AvgIpc) is 2.82. The Bertz CT molecular complexity index is 564. The zero-order chi connectivity index (χ0) is 13.0. The van der Waals surface area contributed by atoms with Gasteiger partial charge in [0.25, 0.3) is 0 Å². The fraction of sp³-hybridized carbons (Fsp3) is 0.0769. The molecule has 2 aromatic rings. The van der Waals surface area contributed by atoms with Crippen LogP contribution in [-0.4, -0.2) is 10.9 Å². The first-order chi connectivity index (χ1) is 8.66. The monoisotopic (exact) mass is 276 g/mol. The second-order valence-electron chi connectivity index (χ2n) is 3.71. The average molecular weight is 276 g/mol. The summed E-state index contributed by atoms with van der Waals surface area (Å²) in [5.41, 5.74) is 6.95. The van der Waals surface area contributed by atoms with E-state index in [9.17, 15) is 4.79 Å². The molecule has 0 radical (unpaired) electrons. The third kappa shape index (κ3) is 3.15. The molecule has 0 fully saturated rings. The van der Waals surface area contributed by atoms with E-state index in [0.29, 0.717) is 17.7 Å². The summed E-state index contributed by atoms with van der Waals surface area (Å²) in [7, 11) is 0. The summed E-state index contributed by atoms with van der Waals surface area (Å²) >= 11 is 6.51. The number of nitrogens with two attached hydrogens (primary N) is 1. The third-order valence-corrected chi connectivity index (χ3v) is 3.48. The van der Waals surface area contributed by atoms with Crippen molar-refractivity contribution < 1.29 is 4.79 Å². The minimum absolute atomic E-state index is 0.0684. The molecular weight excluding hydrogens is 264 g/mol. The van der Waals surface area contributed by atoms with Crippen LogP contribution in [0.25, 0.3) is 0 Å². The van der Waals surface area contributed by atoms with Crippen LogP contribution in [0.4, 0.5) is 5.69 Å². The smallest absolute Gasteiger partial charge is 0.229 e. The zero-order valence-corrected chi connectivity index (χ0v) is 11.2. The minimum Gasteiger partial charge on any atom is -0.389 e. The highest BCUT2D eigenvalue weighted by Crippen LogP contribution is 2.16. The number of hydrogen-bond acceptors (Lipinski definition) is 3. The number of thiophene rings is 1. The lowest BCUT2D eigenvalue weighted by Crippen LogP contribution is -2.18. The van der Waals surface area contributed by atoms with Crippen LogP contribution in [0.3, 0.4) is 0 Å². The van der Waals surface area contributed by atoms with Crippen molar-refractivity contribution in [1.82, 2.24) is 0 Å². The van der Waals surface area contributed by atoms with Gasteiger partial charge < -0.3 is 11.1 Å². The third-order valence-electron chi connectivity index (χ3n) is 2.38. The first-order valence-electron chi connectivity index (χ1n) is 5.38. The van der Waals surface area contributed by atoms with Crippen LogP contribution in [-0.2, 0) is 11.2 Å². The van der Waals surface area contributed by atoms with Gasteiger partial charge in [0.2, 0.25) is 5.91 Å². The Hall–Kier alpha value is -1.72. The highest BCUT2D eigenvalue weighted by molar-refractivity contribution is 7.80. The summed E-state index contributed by atoms with van der Waals surface area (Å²) < 4.78 is 0. The number of nitrogens with one attached hydrogen (secondary N) is 1. The van der Waals surface area contributed by atoms with Crippen molar-refractivity contribution >= 4 is 40.1 Å². The molecule has 0 bridgehead atoms. The second-order valence-corrected chi connectivity index (χ2v) is 5.19. The molecule has 3 nitrogen and oxygen atoms in total. The van der Waals surface area contributed by atoms with Crippen LogP contribution in [0.15, 0.2) is 41.8 Å². The van der Waals surface area contributed by atoms with Crippen molar-refractivity contribution in [1.29, 1.82) is 0 Å². The molecule has 1 aromatic carbocycles. The Morgan fingerprint density at radius 3 is 2.72 bits per heavy atom. The number of carbonyl (C=O) groups excluding carboxylic acids is 1. The topological polar surface area (TPSA) is 55.1 Å². The molecule has 0 aliphatic heterocycles. The van der Waals surface area contributed by atoms with Crippen molar-refractivity contribution in [3.8, 4) is 0 Å². The molecule has 5 heteroatoms. The van der Waals surface area contributed by atoms with Crippen LogP contribution in [0, 0.1) is 0 Å². The van der Waals surface area contributed by atoms with Gasteiger partial charge in [0.15, 0.2) is 0 Å². The Morgan fingerprint density at radius 2 is 2.06 bits per heavy atom. The number of rotatable bonds is 4. The van der Waals surface area contributed by atoms with E-state index in [1.807, 2.05) is 29.6 Å². The first kappa shape index (κ1) is 12.7. The largest absolute Gasteiger partial charge is 0.389 e. The molecule has 0 aliphatic carbocycles. The number of benzene rings is 1. The lowest BCUT2D eigenvalue weighted by atomic mass is 10.1. The van der Waals surface area contributed by atoms with Gasteiger partial charge in [-0.05, 0) is 23.6 Å². The fourth-order valence-corrected chi connectivity index (χ4v) is 2.45. The maximum Gasteiger partial charge on any atom is 0.229 e. The van der Waals surface area contributed by atoms with Crippen LogP contribution in [0.1, 0.15) is 10.4 Å². The number of carbonyl (C=O) groups is 1. The Balaban J connectivity index is 2.09. The number of hydrogen-bond donors (Lipinski definition) is 2. The fourth-order valence-electron chi connectivity index (χ4n) is 1.57. The van der Waals surface area contributed by atoms with E-state index in [2.05, 4.69) is 5.32 Å². The van der Waals surface area contributed by atoms with Crippen molar-refractivity contribution in [3.63, 3.8) is 0 Å². The molecule has 92 valence electrons. The van der Waals surface area contributed by atoms with E-state index in [4.69, 9.17) is 18.0 Å². The lowest BCUT2D eigenvalue weighted by Gasteiger charge is -2.09. The summed E-state index contributed by atoms with van der Waals surface area (Å²) in [4.78, 5) is 13.2. The molecule has 18 heavy (non-hydrogen) atoms. The summed E-state index contributed by atoms with van der Waals surface area (Å²) in [6.45, 7) is 0. The van der Waals surface area contributed by atoms with Gasteiger partial charge in [0.1, 0.15) is 4.99 Å². The van der Waals surface area contributed by atoms with Crippen molar-refractivity contribution in [3.05, 3.63) is 52.2 Å². The highest BCUT2D eigenvalue weighted by atomic mass is 32.1. The van der Waals surface area contributed by atoms with Gasteiger partial charge in [0.05, 0.1) is 12.1 Å². The SMILES string of the molecule is NC(=S)c1ccccc1NC(=O)Cc1cccs1. The molecule has 2 rings (SSSR count). The molecule has 1 aromatic heterocycles. The van der Waals surface area contributed by atoms with E-state index < -0.39 is 0 Å². The molecule has 0 spiro atoms. The predicted octanol–water partition coefficient (Wildman–Crippen LogP) is 2.56. The second kappa shape index (κ2) is 5.75. The number of thiocarbonyl (C=S) groups is 1. The van der Waals surface area contributed by atoms with Crippen LogP contribution >= 0.6 is 23.6 Å². The van der Waals surface area contributed by atoms with Gasteiger partial charge in [-0.3, -0.25) is 4.79 Å². The van der Waals surface area contributed by atoms with Crippen molar-refractivity contribution in [2.75, 3.05) is 5.32 Å². The van der Waals surface area contributed by atoms with Crippen LogP contribution < -0.4 is 11.1 Å². The molecule has 0 atom stereocenters. The van der Waals surface area contributed by atoms with E-state index in [-0.39, 0.29) is 10.9 Å². The summed E-state index contributed by atoms with van der Waals surface area (Å²) in [6.07, 6.45) is 0.364. The maximum absolute atomic E-state index is 11.9. The Labute approximate surface area is 115 Å². The van der Waals surface area contributed by atoms with Gasteiger partial charge >= 0.3 is 0 Å². The van der Waals surface area contributed by atoms with Crippen molar-refractivity contribution in [2.45, 2.75) is 6.42 Å². The lowest BCUT2D eigenvalue weighted by molar-refractivity contribution is -0.115. The molecule has 1 heterocycles. The van der Waals surface area contributed by atoms with E-state index in [1.54, 1.807) is 23.5 Å². The normalized spacial score (nSPS) is 10.0. The number of anilines is 1. The van der Waals surface area contributed by atoms with Crippen LogP contribution in [0.5, 0.6) is 0 Å². The van der Waals surface area contributed by atoms with Gasteiger partial charge in [-0.25, -0.2) is 0 Å². The van der Waals surface area contributed by atoms with Gasteiger partial charge in [-0.15, -0.1) is 11.3 Å². The standard InChI is InChI=1S/C13H12N2OS2/c14-13(17)10-5-1-2-6-11(10)15-12(16)8-9-4-3-7-18-9/h1-7H,8H2,(H2,14,17)(H,15,16). The molecule has 0 saturated heterocycles. The first-order valence-corrected chi connectivity index (χ1v) is 6.66. The zero-order valence-electron chi connectivity index (χ0n) is 9.55. The van der Waals surface area contributed by atoms with E-state index in [0.717, 1.165) is 4.88 Å². The molecule has 0 saturated carbocycles. The molecule has 1 amide bonds. The maximum atomic E-state index is 11.9. The summed E-state index contributed by atoms with van der Waals surface area (Å²) in [5.74, 6) is -0.0684. The predicted molar refractivity (Wildman–Crippen MR) is 79.0 cm³/mol. The van der Waals surface area contributed by atoms with Gasteiger partial charge in [-0.1, -0.05) is 30.4 Å². The summed E-state index contributed by atoms with van der Waals surface area (Å²) in [6, 6.07) is 11.1. The number of amides is 1. The molecule has 0 aliphatic rings. The van der Waals surface area contributed by atoms with E-state index in [1.165, 1.54) is 0 Å². The molecule has 0 unspecified atom stereocenters. The summed E-state index contributed by atoms with van der Waals surface area (Å²) in [5, 5.41) is 4.78. The van der Waals surface area contributed by atoms with Gasteiger partial charge in [0, 0.05) is 10.4 Å². The van der Waals surface area contributed by atoms with Crippen LogP contribution in [0.2, 0.25) is 0 Å². The minimum atomic E-state index is -0.0684. The Kier molecular flexibility index (Phi) is 4.07. The quantitative estimate of drug-likeness (QED) is 0.844. The highest BCUT2D eigenvalue weighted by Gasteiger charge is 2.09. The molecular formula is C13H12N2OS2. The Morgan fingerprint density at radius 1 is 1.28 bits per heavy atom. The van der Waals surface area contributed by atoms with Crippen molar-refractivity contribution in [2.24, 2.45) is 5.73 Å². The molecule has 3 N–H and O–H groups in total. The van der Waals surface area contributed by atoms with Gasteiger partial charge in [-0.2, -0.15) is 0 Å². The van der Waals surface area contributed by atoms with E-state index >= 15 is 0 Å².